The predicted octanol–water partition coefficient (Wildman–Crippen LogP) is 4.17. The van der Waals surface area contributed by atoms with Gasteiger partial charge in [-0.1, -0.05) is 11.3 Å². The molecule has 1 fully saturated rings. The van der Waals surface area contributed by atoms with Crippen LogP contribution in [-0.4, -0.2) is 51.5 Å². The average Bonchev–Trinajstić information content (AvgIpc) is 3.38. The number of hydrogen-bond donors (Lipinski definition) is 2. The second-order valence-electron chi connectivity index (χ2n) is 7.83. The Bertz CT molecular complexity index is 1300. The van der Waals surface area contributed by atoms with E-state index in [9.17, 15) is 9.18 Å². The van der Waals surface area contributed by atoms with E-state index in [-0.39, 0.29) is 18.4 Å². The molecule has 9 nitrogen and oxygen atoms in total. The molecule has 2 N–H and O–H groups in total. The number of thiazole rings is 1. The zero-order valence-corrected chi connectivity index (χ0v) is 19.2. The van der Waals surface area contributed by atoms with Crippen molar-refractivity contribution in [2.75, 3.05) is 13.1 Å². The SMILES string of the molecule is CC(=O)NC1CCN(Cc2coc3cc(Oc4nc5ncc(F)cc5s4)ccc23)CC1.O=CO. The number of carbonyl (C=O) groups is 2. The van der Waals surface area contributed by atoms with Crippen LogP contribution in [0.15, 0.2) is 41.1 Å². The largest absolute Gasteiger partial charge is 0.483 e. The van der Waals surface area contributed by atoms with Gasteiger partial charge in [0.1, 0.15) is 17.1 Å². The molecule has 1 aromatic carbocycles. The Balaban J connectivity index is 0.000000868. The molecule has 0 radical (unpaired) electrons. The van der Waals surface area contributed by atoms with E-state index in [2.05, 4.69) is 20.2 Å². The summed E-state index contributed by atoms with van der Waals surface area (Å²) < 4.78 is 25.6. The average molecular weight is 487 g/mol. The molecular formula is C23H23FN4O5S. The van der Waals surface area contributed by atoms with E-state index in [0.717, 1.165) is 55.2 Å². The van der Waals surface area contributed by atoms with Gasteiger partial charge < -0.3 is 19.6 Å². The Labute approximate surface area is 198 Å². The molecule has 5 rings (SSSR count). The number of likely N-dealkylation sites (tertiary alicyclic amines) is 1. The second kappa shape index (κ2) is 10.6. The fourth-order valence-corrected chi connectivity index (χ4v) is 4.75. The first-order valence-corrected chi connectivity index (χ1v) is 11.4. The first-order chi connectivity index (χ1) is 16.4. The summed E-state index contributed by atoms with van der Waals surface area (Å²) >= 11 is 1.24. The molecule has 0 atom stereocenters. The van der Waals surface area contributed by atoms with Crippen molar-refractivity contribution in [3.8, 4) is 10.9 Å². The van der Waals surface area contributed by atoms with Crippen LogP contribution in [-0.2, 0) is 16.1 Å². The summed E-state index contributed by atoms with van der Waals surface area (Å²) in [5.41, 5.74) is 2.33. The lowest BCUT2D eigenvalue weighted by Gasteiger charge is -2.31. The van der Waals surface area contributed by atoms with Gasteiger partial charge in [-0.15, -0.1) is 0 Å². The number of nitrogens with zero attached hydrogens (tertiary/aromatic N) is 3. The van der Waals surface area contributed by atoms with Crippen LogP contribution in [0.1, 0.15) is 25.3 Å². The fraction of sp³-hybridized carbons (Fsp3) is 0.304. The Morgan fingerprint density at radius 1 is 1.38 bits per heavy atom. The summed E-state index contributed by atoms with van der Waals surface area (Å²) in [6.07, 6.45) is 4.84. The minimum atomic E-state index is -0.397. The molecule has 0 spiro atoms. The molecule has 0 unspecified atom stereocenters. The number of halogens is 1. The van der Waals surface area contributed by atoms with Crippen molar-refractivity contribution >= 4 is 45.0 Å². The van der Waals surface area contributed by atoms with Crippen LogP contribution in [0, 0.1) is 5.82 Å². The molecule has 0 bridgehead atoms. The number of carboxylic acid groups (broad SMARTS) is 1. The van der Waals surface area contributed by atoms with Crippen molar-refractivity contribution < 1.29 is 28.2 Å². The summed E-state index contributed by atoms with van der Waals surface area (Å²) in [6, 6.07) is 7.36. The highest BCUT2D eigenvalue weighted by atomic mass is 32.1. The summed E-state index contributed by atoms with van der Waals surface area (Å²) in [7, 11) is 0. The van der Waals surface area contributed by atoms with E-state index in [0.29, 0.717) is 21.3 Å². The van der Waals surface area contributed by atoms with Gasteiger partial charge in [-0.25, -0.2) is 9.37 Å². The van der Waals surface area contributed by atoms with Crippen molar-refractivity contribution in [3.05, 3.63) is 48.1 Å². The number of rotatable bonds is 5. The Kier molecular flexibility index (Phi) is 7.33. The van der Waals surface area contributed by atoms with Gasteiger partial charge in [-0.3, -0.25) is 14.5 Å². The minimum absolute atomic E-state index is 0.0339. The van der Waals surface area contributed by atoms with Crippen LogP contribution in [0.5, 0.6) is 10.9 Å². The molecule has 0 saturated carbocycles. The summed E-state index contributed by atoms with van der Waals surface area (Å²) in [5, 5.41) is 11.3. The monoisotopic (exact) mass is 486 g/mol. The standard InChI is InChI=1S/C22H21FN4O3S.CH2O2/c1-13(28)25-16-4-6-27(7-5-16)11-14-12-29-19-9-17(2-3-18(14)19)30-22-26-21-20(31-22)8-15(23)10-24-21;2-1-3/h2-3,8-10,12,16H,4-7,11H2,1H3,(H,25,28);1H,(H,2,3). The maximum Gasteiger partial charge on any atom is 0.290 e. The van der Waals surface area contributed by atoms with E-state index < -0.39 is 5.82 Å². The molecular weight excluding hydrogens is 463 g/mol. The number of hydrogen-bond acceptors (Lipinski definition) is 8. The number of amides is 1. The van der Waals surface area contributed by atoms with Gasteiger partial charge >= 0.3 is 0 Å². The van der Waals surface area contributed by atoms with Crippen LogP contribution in [0.2, 0.25) is 0 Å². The lowest BCUT2D eigenvalue weighted by molar-refractivity contribution is -0.123. The summed E-state index contributed by atoms with van der Waals surface area (Å²) in [5.74, 6) is 0.238. The molecule has 1 amide bonds. The minimum Gasteiger partial charge on any atom is -0.483 e. The van der Waals surface area contributed by atoms with Gasteiger partial charge in [0.15, 0.2) is 5.65 Å². The third kappa shape index (κ3) is 5.67. The quantitative estimate of drug-likeness (QED) is 0.404. The normalized spacial score (nSPS) is 14.5. The van der Waals surface area contributed by atoms with Crippen molar-refractivity contribution in [1.29, 1.82) is 0 Å². The molecule has 4 heterocycles. The summed E-state index contributed by atoms with van der Waals surface area (Å²) in [4.78, 5) is 30.2. The highest BCUT2D eigenvalue weighted by molar-refractivity contribution is 7.20. The third-order valence-electron chi connectivity index (χ3n) is 5.42. The molecule has 1 aliphatic rings. The van der Waals surface area contributed by atoms with Crippen LogP contribution in [0.3, 0.4) is 0 Å². The lowest BCUT2D eigenvalue weighted by atomic mass is 10.0. The smallest absolute Gasteiger partial charge is 0.290 e. The number of nitrogens with one attached hydrogen (secondary N) is 1. The molecule has 11 heteroatoms. The van der Waals surface area contributed by atoms with E-state index in [1.807, 2.05) is 18.2 Å². The predicted molar refractivity (Wildman–Crippen MR) is 124 cm³/mol. The zero-order valence-electron chi connectivity index (χ0n) is 18.4. The topological polar surface area (TPSA) is 118 Å². The number of ether oxygens (including phenoxy) is 1. The second-order valence-corrected chi connectivity index (χ2v) is 8.83. The maximum atomic E-state index is 13.3. The fourth-order valence-electron chi connectivity index (χ4n) is 3.93. The third-order valence-corrected chi connectivity index (χ3v) is 6.28. The van der Waals surface area contributed by atoms with E-state index in [1.54, 1.807) is 13.2 Å². The number of furan rings is 1. The van der Waals surface area contributed by atoms with Crippen LogP contribution < -0.4 is 10.1 Å². The highest BCUT2D eigenvalue weighted by Gasteiger charge is 2.21. The first kappa shape index (κ1) is 23.6. The summed E-state index contributed by atoms with van der Waals surface area (Å²) in [6.45, 7) is 3.99. The molecule has 178 valence electrons. The maximum absolute atomic E-state index is 13.3. The Morgan fingerprint density at radius 2 is 2.15 bits per heavy atom. The van der Waals surface area contributed by atoms with Crippen molar-refractivity contribution in [3.63, 3.8) is 0 Å². The number of fused-ring (bicyclic) bond motifs is 2. The van der Waals surface area contributed by atoms with Gasteiger partial charge in [-0.2, -0.15) is 4.98 Å². The van der Waals surface area contributed by atoms with Crippen molar-refractivity contribution in [2.24, 2.45) is 0 Å². The van der Waals surface area contributed by atoms with Gasteiger partial charge in [0, 0.05) is 49.6 Å². The molecule has 1 aliphatic heterocycles. The van der Waals surface area contributed by atoms with Gasteiger partial charge in [-0.05, 0) is 31.0 Å². The van der Waals surface area contributed by atoms with Crippen LogP contribution in [0.25, 0.3) is 21.3 Å². The van der Waals surface area contributed by atoms with E-state index in [1.165, 1.54) is 17.4 Å². The van der Waals surface area contributed by atoms with Gasteiger partial charge in [0.2, 0.25) is 5.91 Å². The molecule has 4 aromatic rings. The molecule has 1 saturated heterocycles. The lowest BCUT2D eigenvalue weighted by Crippen LogP contribution is -2.43. The number of pyridine rings is 1. The van der Waals surface area contributed by atoms with Gasteiger partial charge in [0.25, 0.3) is 11.7 Å². The molecule has 0 aliphatic carbocycles. The Hall–Kier alpha value is -3.57. The van der Waals surface area contributed by atoms with Crippen LogP contribution >= 0.6 is 11.3 Å². The number of aromatic nitrogens is 2. The van der Waals surface area contributed by atoms with E-state index >= 15 is 0 Å². The van der Waals surface area contributed by atoms with Crippen molar-refractivity contribution in [1.82, 2.24) is 20.2 Å². The highest BCUT2D eigenvalue weighted by Crippen LogP contribution is 2.33. The first-order valence-electron chi connectivity index (χ1n) is 10.6. The number of carbonyl (C=O) groups excluding carboxylic acids is 1. The zero-order chi connectivity index (χ0) is 24.1. The van der Waals surface area contributed by atoms with Crippen LogP contribution in [0.4, 0.5) is 4.39 Å². The van der Waals surface area contributed by atoms with Crippen molar-refractivity contribution in [2.45, 2.75) is 32.4 Å². The number of benzene rings is 1. The molecule has 34 heavy (non-hydrogen) atoms. The van der Waals surface area contributed by atoms with Gasteiger partial charge in [0.05, 0.1) is 17.2 Å². The number of piperidine rings is 1. The molecule has 3 aromatic heterocycles. The van der Waals surface area contributed by atoms with E-state index in [4.69, 9.17) is 19.1 Å². The Morgan fingerprint density at radius 3 is 2.88 bits per heavy atom.